The average molecular weight is 359 g/mol. The van der Waals surface area contributed by atoms with Gasteiger partial charge in [-0.25, -0.2) is 0 Å². The van der Waals surface area contributed by atoms with E-state index in [2.05, 4.69) is 81.2 Å². The molecular weight excluding hydrogens is 346 g/mol. The molecule has 104 valence electrons. The summed E-state index contributed by atoms with van der Waals surface area (Å²) < 4.78 is 2.39. The number of hydrogen-bond donors (Lipinski definition) is 0. The number of fused-ring (bicyclic) bond motifs is 3. The van der Waals surface area contributed by atoms with Crippen molar-refractivity contribution in [2.24, 2.45) is 0 Å². The Balaban J connectivity index is 2.05. The van der Waals surface area contributed by atoms with Gasteiger partial charge in [-0.15, -0.1) is 0 Å². The van der Waals surface area contributed by atoms with E-state index in [0.29, 0.717) is 0 Å². The largest absolute Gasteiger partial charge is 0.332 e. The number of allylic oxidation sites excluding steroid dienone is 4. The molecule has 2 atom stereocenters. The van der Waals surface area contributed by atoms with E-state index in [0.717, 1.165) is 5.03 Å². The van der Waals surface area contributed by atoms with Gasteiger partial charge >= 0.3 is 0 Å². The second kappa shape index (κ2) is 5.04. The standard InChI is InChI=1S/C18H13BrClN/c19-15-11-12(20)9-10-18(15)21-16-7-3-1-5-13(16)14-6-2-4-8-17(14)21/h1-11,15,18H. The second-order valence-corrected chi connectivity index (χ2v) is 6.74. The first kappa shape index (κ1) is 13.2. The maximum Gasteiger partial charge on any atom is 0.0687 e. The van der Waals surface area contributed by atoms with Crippen LogP contribution >= 0.6 is 27.5 Å². The van der Waals surface area contributed by atoms with Crippen molar-refractivity contribution < 1.29 is 0 Å². The topological polar surface area (TPSA) is 4.93 Å². The summed E-state index contributed by atoms with van der Waals surface area (Å²) >= 11 is 9.86. The lowest BCUT2D eigenvalue weighted by molar-refractivity contribution is 0.665. The normalized spacial score (nSPS) is 21.9. The third-order valence-corrected chi connectivity index (χ3v) is 5.07. The van der Waals surface area contributed by atoms with Crippen molar-refractivity contribution in [1.29, 1.82) is 0 Å². The highest BCUT2D eigenvalue weighted by atomic mass is 79.9. The van der Waals surface area contributed by atoms with Gasteiger partial charge < -0.3 is 4.57 Å². The summed E-state index contributed by atoms with van der Waals surface area (Å²) in [7, 11) is 0. The molecule has 0 aliphatic heterocycles. The molecule has 0 saturated carbocycles. The van der Waals surface area contributed by atoms with Gasteiger partial charge in [0.2, 0.25) is 0 Å². The Kier molecular flexibility index (Phi) is 3.16. The van der Waals surface area contributed by atoms with E-state index >= 15 is 0 Å². The Morgan fingerprint density at radius 3 is 2.05 bits per heavy atom. The fourth-order valence-corrected chi connectivity index (χ4v) is 4.16. The molecular formula is C18H13BrClN. The molecule has 0 spiro atoms. The van der Waals surface area contributed by atoms with Crippen LogP contribution in [0.25, 0.3) is 21.8 Å². The Labute approximate surface area is 136 Å². The van der Waals surface area contributed by atoms with Crippen molar-refractivity contribution in [1.82, 2.24) is 4.57 Å². The lowest BCUT2D eigenvalue weighted by Gasteiger charge is -2.24. The van der Waals surface area contributed by atoms with Crippen LogP contribution in [0.1, 0.15) is 6.04 Å². The Morgan fingerprint density at radius 2 is 1.48 bits per heavy atom. The first-order valence-electron chi connectivity index (χ1n) is 6.93. The summed E-state index contributed by atoms with van der Waals surface area (Å²) in [4.78, 5) is 0.189. The lowest BCUT2D eigenvalue weighted by Crippen LogP contribution is -2.17. The SMILES string of the molecule is ClC1=CC(Br)C(n2c3ccccc3c3ccccc32)C=C1. The van der Waals surface area contributed by atoms with Gasteiger partial charge in [0.25, 0.3) is 0 Å². The fourth-order valence-electron chi connectivity index (χ4n) is 3.11. The van der Waals surface area contributed by atoms with Crippen LogP contribution in [0.4, 0.5) is 0 Å². The van der Waals surface area contributed by atoms with Crippen LogP contribution < -0.4 is 0 Å². The summed E-state index contributed by atoms with van der Waals surface area (Å²) in [6.45, 7) is 0. The average Bonchev–Trinajstić information content (AvgIpc) is 2.82. The van der Waals surface area contributed by atoms with Gasteiger partial charge in [0.1, 0.15) is 0 Å². The fraction of sp³-hybridized carbons (Fsp3) is 0.111. The molecule has 2 unspecified atom stereocenters. The number of nitrogens with zero attached hydrogens (tertiary/aromatic N) is 1. The van der Waals surface area contributed by atoms with E-state index in [-0.39, 0.29) is 10.9 Å². The molecule has 1 nitrogen and oxygen atoms in total. The number of aromatic nitrogens is 1. The molecule has 0 amide bonds. The molecule has 21 heavy (non-hydrogen) atoms. The zero-order valence-electron chi connectivity index (χ0n) is 11.2. The van der Waals surface area contributed by atoms with E-state index in [9.17, 15) is 0 Å². The number of rotatable bonds is 1. The van der Waals surface area contributed by atoms with Crippen molar-refractivity contribution in [3.8, 4) is 0 Å². The summed E-state index contributed by atoms with van der Waals surface area (Å²) in [6.07, 6.45) is 6.20. The number of alkyl halides is 1. The first-order chi connectivity index (χ1) is 10.3. The molecule has 3 aromatic rings. The van der Waals surface area contributed by atoms with Gasteiger partial charge in [0.05, 0.1) is 10.9 Å². The molecule has 1 aliphatic carbocycles. The predicted molar refractivity (Wildman–Crippen MR) is 94.3 cm³/mol. The molecule has 0 radical (unpaired) electrons. The number of para-hydroxylation sites is 2. The maximum atomic E-state index is 6.11. The summed E-state index contributed by atoms with van der Waals surface area (Å²) in [5, 5.41) is 3.37. The van der Waals surface area contributed by atoms with Crippen LogP contribution in [-0.4, -0.2) is 9.39 Å². The van der Waals surface area contributed by atoms with E-state index < -0.39 is 0 Å². The second-order valence-electron chi connectivity index (χ2n) is 5.25. The molecule has 1 aliphatic rings. The van der Waals surface area contributed by atoms with Crippen molar-refractivity contribution >= 4 is 49.3 Å². The number of halogens is 2. The van der Waals surface area contributed by atoms with Crippen molar-refractivity contribution in [3.63, 3.8) is 0 Å². The molecule has 0 saturated heterocycles. The van der Waals surface area contributed by atoms with E-state index in [4.69, 9.17) is 11.6 Å². The Hall–Kier alpha value is -1.51. The summed E-state index contributed by atoms with van der Waals surface area (Å²) in [5.74, 6) is 0. The van der Waals surface area contributed by atoms with Crippen molar-refractivity contribution in [2.45, 2.75) is 10.9 Å². The van der Waals surface area contributed by atoms with Crippen molar-refractivity contribution in [3.05, 3.63) is 71.8 Å². The quantitative estimate of drug-likeness (QED) is 0.485. The van der Waals surface area contributed by atoms with Gasteiger partial charge in [-0.05, 0) is 24.3 Å². The van der Waals surface area contributed by atoms with Gasteiger partial charge in [0.15, 0.2) is 0 Å². The van der Waals surface area contributed by atoms with Gasteiger partial charge in [0, 0.05) is 26.8 Å². The van der Waals surface area contributed by atoms with Gasteiger partial charge in [-0.1, -0.05) is 70.0 Å². The first-order valence-corrected chi connectivity index (χ1v) is 8.22. The van der Waals surface area contributed by atoms with Crippen LogP contribution in [0.3, 0.4) is 0 Å². The third-order valence-electron chi connectivity index (χ3n) is 4.01. The minimum atomic E-state index is 0.189. The predicted octanol–water partition coefficient (Wildman–Crippen LogP) is 5.79. The maximum absolute atomic E-state index is 6.11. The van der Waals surface area contributed by atoms with Crippen LogP contribution in [0.5, 0.6) is 0 Å². The van der Waals surface area contributed by atoms with E-state index in [1.807, 2.05) is 6.08 Å². The van der Waals surface area contributed by atoms with Gasteiger partial charge in [-0.2, -0.15) is 0 Å². The molecule has 1 aromatic heterocycles. The Morgan fingerprint density at radius 1 is 0.905 bits per heavy atom. The third kappa shape index (κ3) is 2.05. The van der Waals surface area contributed by atoms with Crippen molar-refractivity contribution in [2.75, 3.05) is 0 Å². The smallest absolute Gasteiger partial charge is 0.0687 e. The molecule has 4 rings (SSSR count). The lowest BCUT2D eigenvalue weighted by atomic mass is 10.1. The summed E-state index contributed by atoms with van der Waals surface area (Å²) in [5.41, 5.74) is 2.51. The Bertz CT molecular complexity index is 837. The van der Waals surface area contributed by atoms with Gasteiger partial charge in [-0.3, -0.25) is 0 Å². The molecule has 3 heteroatoms. The van der Waals surface area contributed by atoms with E-state index in [1.54, 1.807) is 0 Å². The van der Waals surface area contributed by atoms with Crippen LogP contribution in [-0.2, 0) is 0 Å². The number of hydrogen-bond acceptors (Lipinski definition) is 0. The molecule has 0 bridgehead atoms. The number of benzene rings is 2. The summed E-state index contributed by atoms with van der Waals surface area (Å²) in [6, 6.07) is 17.3. The van der Waals surface area contributed by atoms with Crippen LogP contribution in [0, 0.1) is 0 Å². The minimum absolute atomic E-state index is 0.189. The molecule has 2 aromatic carbocycles. The molecule has 0 N–H and O–H groups in total. The molecule has 1 heterocycles. The minimum Gasteiger partial charge on any atom is -0.332 e. The zero-order valence-corrected chi connectivity index (χ0v) is 13.6. The van der Waals surface area contributed by atoms with Crippen LogP contribution in [0.2, 0.25) is 0 Å². The highest BCUT2D eigenvalue weighted by Gasteiger charge is 2.23. The zero-order chi connectivity index (χ0) is 14.4. The van der Waals surface area contributed by atoms with Crippen LogP contribution in [0.15, 0.2) is 71.8 Å². The monoisotopic (exact) mass is 357 g/mol. The molecule has 0 fully saturated rings. The highest BCUT2D eigenvalue weighted by molar-refractivity contribution is 9.09. The highest BCUT2D eigenvalue weighted by Crippen LogP contribution is 2.37. The van der Waals surface area contributed by atoms with E-state index in [1.165, 1.54) is 21.8 Å².